The summed E-state index contributed by atoms with van der Waals surface area (Å²) in [6.07, 6.45) is 0.943. The Kier molecular flexibility index (Phi) is 7.75. The fraction of sp³-hybridized carbons (Fsp3) is 0.562. The minimum absolute atomic E-state index is 0.0246. The predicted molar refractivity (Wildman–Crippen MR) is 89.8 cm³/mol. The second-order valence-corrected chi connectivity index (χ2v) is 5.84. The fourth-order valence-electron chi connectivity index (χ4n) is 2.28. The largest absolute Gasteiger partial charge is 0.507 e. The van der Waals surface area contributed by atoms with Crippen LogP contribution in [0.2, 0.25) is 0 Å². The van der Waals surface area contributed by atoms with Gasteiger partial charge in [-0.05, 0) is 51.2 Å². The number of phenols is 1. The number of amides is 1. The molecule has 5 heteroatoms. The average Bonchev–Trinajstić information content (AvgIpc) is 2.47. The molecule has 0 aliphatic rings. The maximum Gasteiger partial charge on any atom is 0.257 e. The number of halogens is 1. The lowest BCUT2D eigenvalue weighted by Crippen LogP contribution is -2.34. The Balaban J connectivity index is 2.64. The van der Waals surface area contributed by atoms with E-state index >= 15 is 0 Å². The van der Waals surface area contributed by atoms with Gasteiger partial charge in [0.1, 0.15) is 5.75 Å². The summed E-state index contributed by atoms with van der Waals surface area (Å²) < 4.78 is 0.765. The third-order valence-electron chi connectivity index (χ3n) is 3.66. The number of carbonyl (C=O) groups excluding carboxylic acids is 1. The van der Waals surface area contributed by atoms with Gasteiger partial charge in [0.15, 0.2) is 0 Å². The highest BCUT2D eigenvalue weighted by atomic mass is 79.9. The van der Waals surface area contributed by atoms with E-state index in [1.54, 1.807) is 23.1 Å². The normalized spacial score (nSPS) is 10.9. The summed E-state index contributed by atoms with van der Waals surface area (Å²) in [5.41, 5.74) is 0.364. The lowest BCUT2D eigenvalue weighted by Gasteiger charge is -2.24. The van der Waals surface area contributed by atoms with Crippen molar-refractivity contribution >= 4 is 21.8 Å². The smallest absolute Gasteiger partial charge is 0.257 e. The highest BCUT2D eigenvalue weighted by Gasteiger charge is 2.17. The van der Waals surface area contributed by atoms with Gasteiger partial charge < -0.3 is 14.9 Å². The van der Waals surface area contributed by atoms with E-state index in [1.165, 1.54) is 0 Å². The van der Waals surface area contributed by atoms with Gasteiger partial charge in [-0.2, -0.15) is 0 Å². The maximum absolute atomic E-state index is 12.5. The van der Waals surface area contributed by atoms with Crippen LogP contribution in [-0.2, 0) is 0 Å². The van der Waals surface area contributed by atoms with Crippen molar-refractivity contribution < 1.29 is 9.90 Å². The first-order chi connectivity index (χ1) is 10.0. The summed E-state index contributed by atoms with van der Waals surface area (Å²) in [4.78, 5) is 16.6. The molecule has 118 valence electrons. The van der Waals surface area contributed by atoms with Crippen LogP contribution in [0.4, 0.5) is 0 Å². The van der Waals surface area contributed by atoms with E-state index in [1.807, 2.05) is 6.92 Å². The van der Waals surface area contributed by atoms with Crippen LogP contribution >= 0.6 is 15.9 Å². The highest BCUT2D eigenvalue weighted by molar-refractivity contribution is 9.10. The number of hydrogen-bond acceptors (Lipinski definition) is 3. The van der Waals surface area contributed by atoms with Crippen molar-refractivity contribution in [3.63, 3.8) is 0 Å². The second-order valence-electron chi connectivity index (χ2n) is 4.93. The molecule has 0 saturated carbocycles. The van der Waals surface area contributed by atoms with Crippen molar-refractivity contribution in [3.05, 3.63) is 28.2 Å². The van der Waals surface area contributed by atoms with Gasteiger partial charge in [0.05, 0.1) is 5.56 Å². The summed E-state index contributed by atoms with van der Waals surface area (Å²) >= 11 is 3.28. The molecule has 1 N–H and O–H groups in total. The molecule has 21 heavy (non-hydrogen) atoms. The zero-order chi connectivity index (χ0) is 15.8. The zero-order valence-corrected chi connectivity index (χ0v) is 14.7. The first-order valence-electron chi connectivity index (χ1n) is 7.53. The van der Waals surface area contributed by atoms with E-state index < -0.39 is 0 Å². The third-order valence-corrected chi connectivity index (χ3v) is 4.15. The van der Waals surface area contributed by atoms with Crippen molar-refractivity contribution in [2.45, 2.75) is 27.2 Å². The van der Waals surface area contributed by atoms with E-state index in [0.717, 1.165) is 30.5 Å². The van der Waals surface area contributed by atoms with Crippen molar-refractivity contribution in [2.24, 2.45) is 0 Å². The fourth-order valence-corrected chi connectivity index (χ4v) is 2.63. The molecule has 0 heterocycles. The van der Waals surface area contributed by atoms with Crippen LogP contribution in [0.3, 0.4) is 0 Å². The SMILES string of the molecule is CCN(CC)CCCN(CC)C(=O)c1ccc(Br)cc1O. The molecule has 0 radical (unpaired) electrons. The zero-order valence-electron chi connectivity index (χ0n) is 13.1. The predicted octanol–water partition coefficient (Wildman–Crippen LogP) is 3.35. The molecule has 0 aliphatic heterocycles. The Labute approximate surface area is 135 Å². The molecule has 0 unspecified atom stereocenters. The van der Waals surface area contributed by atoms with E-state index in [9.17, 15) is 9.90 Å². The van der Waals surface area contributed by atoms with Gasteiger partial charge in [-0.1, -0.05) is 29.8 Å². The van der Waals surface area contributed by atoms with Crippen LogP contribution in [0.1, 0.15) is 37.6 Å². The van der Waals surface area contributed by atoms with Crippen molar-refractivity contribution in [1.82, 2.24) is 9.80 Å². The molecule has 0 spiro atoms. The number of rotatable bonds is 8. The van der Waals surface area contributed by atoms with Gasteiger partial charge >= 0.3 is 0 Å². The van der Waals surface area contributed by atoms with Crippen LogP contribution in [0, 0.1) is 0 Å². The number of aromatic hydroxyl groups is 1. The maximum atomic E-state index is 12.5. The molecular weight excluding hydrogens is 332 g/mol. The van der Waals surface area contributed by atoms with Gasteiger partial charge in [0.2, 0.25) is 0 Å². The van der Waals surface area contributed by atoms with Crippen molar-refractivity contribution in [2.75, 3.05) is 32.7 Å². The lowest BCUT2D eigenvalue weighted by molar-refractivity contribution is 0.0754. The van der Waals surface area contributed by atoms with Crippen LogP contribution in [-0.4, -0.2) is 53.5 Å². The third kappa shape index (κ3) is 5.32. The van der Waals surface area contributed by atoms with Gasteiger partial charge in [0.25, 0.3) is 5.91 Å². The summed E-state index contributed by atoms with van der Waals surface area (Å²) in [5.74, 6) is -0.0846. The van der Waals surface area contributed by atoms with Gasteiger partial charge in [-0.25, -0.2) is 0 Å². The summed E-state index contributed by atoms with van der Waals surface area (Å²) in [7, 11) is 0. The van der Waals surface area contributed by atoms with E-state index in [4.69, 9.17) is 0 Å². The monoisotopic (exact) mass is 356 g/mol. The summed E-state index contributed by atoms with van der Waals surface area (Å²) in [6.45, 7) is 10.7. The minimum atomic E-state index is -0.109. The number of benzene rings is 1. The van der Waals surface area contributed by atoms with Crippen LogP contribution in [0.5, 0.6) is 5.75 Å². The van der Waals surface area contributed by atoms with Crippen LogP contribution < -0.4 is 0 Å². The molecule has 1 aromatic carbocycles. The Morgan fingerprint density at radius 1 is 1.14 bits per heavy atom. The van der Waals surface area contributed by atoms with Gasteiger partial charge in [0, 0.05) is 17.6 Å². The summed E-state index contributed by atoms with van der Waals surface area (Å²) in [5, 5.41) is 9.91. The Bertz CT molecular complexity index is 462. The Morgan fingerprint density at radius 2 is 1.81 bits per heavy atom. The molecule has 0 aromatic heterocycles. The first kappa shape index (κ1) is 18.0. The second kappa shape index (κ2) is 9.05. The van der Waals surface area contributed by atoms with E-state index in [-0.39, 0.29) is 11.7 Å². The molecular formula is C16H25BrN2O2. The molecule has 0 saturated heterocycles. The van der Waals surface area contributed by atoms with Crippen molar-refractivity contribution in [1.29, 1.82) is 0 Å². The highest BCUT2D eigenvalue weighted by Crippen LogP contribution is 2.23. The number of nitrogens with zero attached hydrogens (tertiary/aromatic N) is 2. The summed E-state index contributed by atoms with van der Waals surface area (Å²) in [6, 6.07) is 4.99. The topological polar surface area (TPSA) is 43.8 Å². The molecule has 1 amide bonds. The Hall–Kier alpha value is -1.07. The number of carbonyl (C=O) groups is 1. The molecule has 0 bridgehead atoms. The molecule has 0 atom stereocenters. The number of phenolic OH excluding ortho intramolecular Hbond substituents is 1. The molecule has 0 fully saturated rings. The van der Waals surface area contributed by atoms with E-state index in [2.05, 4.69) is 34.7 Å². The van der Waals surface area contributed by atoms with E-state index in [0.29, 0.717) is 18.7 Å². The van der Waals surface area contributed by atoms with Crippen molar-refractivity contribution in [3.8, 4) is 5.75 Å². The minimum Gasteiger partial charge on any atom is -0.507 e. The molecule has 1 rings (SSSR count). The first-order valence-corrected chi connectivity index (χ1v) is 8.32. The molecule has 1 aromatic rings. The van der Waals surface area contributed by atoms with Gasteiger partial charge in [-0.3, -0.25) is 4.79 Å². The Morgan fingerprint density at radius 3 is 2.33 bits per heavy atom. The van der Waals surface area contributed by atoms with Crippen LogP contribution in [0.25, 0.3) is 0 Å². The van der Waals surface area contributed by atoms with Crippen LogP contribution in [0.15, 0.2) is 22.7 Å². The average molecular weight is 357 g/mol. The lowest BCUT2D eigenvalue weighted by atomic mass is 10.1. The number of hydrogen-bond donors (Lipinski definition) is 1. The quantitative estimate of drug-likeness (QED) is 0.776. The molecule has 4 nitrogen and oxygen atoms in total. The standard InChI is InChI=1S/C16H25BrN2O2/c1-4-18(5-2)10-7-11-19(6-3)16(21)14-9-8-13(17)12-15(14)20/h8-9,12,20H,4-7,10-11H2,1-3H3. The molecule has 0 aliphatic carbocycles. The van der Waals surface area contributed by atoms with Gasteiger partial charge in [-0.15, -0.1) is 0 Å².